The molecule has 1 aliphatic rings. The lowest BCUT2D eigenvalue weighted by Gasteiger charge is -2.32. The Balaban J connectivity index is 2.24. The fourth-order valence-electron chi connectivity index (χ4n) is 2.34. The highest BCUT2D eigenvalue weighted by molar-refractivity contribution is 4.75. The van der Waals surface area contributed by atoms with Crippen LogP contribution in [0.2, 0.25) is 0 Å². The third-order valence-electron chi connectivity index (χ3n) is 4.48. The van der Waals surface area contributed by atoms with Gasteiger partial charge >= 0.3 is 0 Å². The summed E-state index contributed by atoms with van der Waals surface area (Å²) in [5.74, 6) is 1.88. The van der Waals surface area contributed by atoms with E-state index in [0.29, 0.717) is 5.41 Å². The summed E-state index contributed by atoms with van der Waals surface area (Å²) in [7, 11) is 0. The zero-order chi connectivity index (χ0) is 10.6. The fraction of sp³-hybridized carbons (Fsp3) is 1.00. The first kappa shape index (κ1) is 12.1. The van der Waals surface area contributed by atoms with E-state index in [2.05, 4.69) is 27.7 Å². The van der Waals surface area contributed by atoms with Gasteiger partial charge in [-0.1, -0.05) is 59.8 Å². The van der Waals surface area contributed by atoms with Crippen LogP contribution < -0.4 is 0 Å². The molecule has 0 atom stereocenters. The molecular formula is C14H28. The van der Waals surface area contributed by atoms with Crippen LogP contribution in [0.5, 0.6) is 0 Å². The molecule has 0 heteroatoms. The third-order valence-corrected chi connectivity index (χ3v) is 4.48. The Morgan fingerprint density at radius 2 is 1.64 bits per heavy atom. The van der Waals surface area contributed by atoms with Gasteiger partial charge in [-0.15, -0.1) is 0 Å². The van der Waals surface area contributed by atoms with Crippen LogP contribution in [0.4, 0.5) is 0 Å². The first-order valence-corrected chi connectivity index (χ1v) is 6.52. The van der Waals surface area contributed by atoms with E-state index >= 15 is 0 Å². The maximum absolute atomic E-state index is 2.43. The SMILES string of the molecule is CC(C)C(C)(C)CCC1CCCCC1. The predicted octanol–water partition coefficient (Wildman–Crippen LogP) is 5.03. The van der Waals surface area contributed by atoms with Gasteiger partial charge in [0.2, 0.25) is 0 Å². The predicted molar refractivity (Wildman–Crippen MR) is 64.4 cm³/mol. The summed E-state index contributed by atoms with van der Waals surface area (Å²) in [6, 6.07) is 0. The Morgan fingerprint density at radius 1 is 1.07 bits per heavy atom. The molecule has 0 spiro atoms. The van der Waals surface area contributed by atoms with Crippen LogP contribution >= 0.6 is 0 Å². The molecule has 0 unspecified atom stereocenters. The van der Waals surface area contributed by atoms with Crippen molar-refractivity contribution in [3.63, 3.8) is 0 Å². The van der Waals surface area contributed by atoms with Gasteiger partial charge in [0.1, 0.15) is 0 Å². The first-order valence-electron chi connectivity index (χ1n) is 6.52. The van der Waals surface area contributed by atoms with Crippen LogP contribution in [-0.2, 0) is 0 Å². The third kappa shape index (κ3) is 3.63. The molecule has 0 amide bonds. The van der Waals surface area contributed by atoms with Crippen molar-refractivity contribution in [2.45, 2.75) is 72.6 Å². The van der Waals surface area contributed by atoms with Crippen molar-refractivity contribution in [1.82, 2.24) is 0 Å². The van der Waals surface area contributed by atoms with E-state index in [1.54, 1.807) is 0 Å². The number of hydrogen-bond acceptors (Lipinski definition) is 0. The zero-order valence-electron chi connectivity index (χ0n) is 10.6. The summed E-state index contributed by atoms with van der Waals surface area (Å²) in [5, 5.41) is 0. The molecule has 0 N–H and O–H groups in total. The average Bonchev–Trinajstić information content (AvgIpc) is 2.16. The second kappa shape index (κ2) is 5.19. The van der Waals surface area contributed by atoms with Crippen LogP contribution in [0.25, 0.3) is 0 Å². The van der Waals surface area contributed by atoms with Crippen molar-refractivity contribution < 1.29 is 0 Å². The minimum Gasteiger partial charge on any atom is -0.0623 e. The highest BCUT2D eigenvalue weighted by atomic mass is 14.3. The molecule has 1 rings (SSSR count). The molecule has 1 saturated carbocycles. The molecule has 0 heterocycles. The molecule has 14 heavy (non-hydrogen) atoms. The van der Waals surface area contributed by atoms with E-state index in [9.17, 15) is 0 Å². The normalized spacial score (nSPS) is 20.4. The Bertz CT molecular complexity index is 149. The highest BCUT2D eigenvalue weighted by Crippen LogP contribution is 2.36. The van der Waals surface area contributed by atoms with E-state index in [-0.39, 0.29) is 0 Å². The lowest BCUT2D eigenvalue weighted by Crippen LogP contribution is -2.20. The van der Waals surface area contributed by atoms with Crippen LogP contribution in [0, 0.1) is 17.3 Å². The summed E-state index contributed by atoms with van der Waals surface area (Å²) in [6.07, 6.45) is 10.4. The summed E-state index contributed by atoms with van der Waals surface area (Å²) < 4.78 is 0. The van der Waals surface area contributed by atoms with E-state index in [1.807, 2.05) is 0 Å². The molecule has 0 aromatic heterocycles. The van der Waals surface area contributed by atoms with Gasteiger partial charge in [-0.2, -0.15) is 0 Å². The molecule has 84 valence electrons. The van der Waals surface area contributed by atoms with Crippen LogP contribution in [0.15, 0.2) is 0 Å². The highest BCUT2D eigenvalue weighted by Gasteiger charge is 2.24. The molecule has 0 saturated heterocycles. The topological polar surface area (TPSA) is 0 Å². The lowest BCUT2D eigenvalue weighted by atomic mass is 9.74. The van der Waals surface area contributed by atoms with Gasteiger partial charge in [-0.05, 0) is 30.1 Å². The van der Waals surface area contributed by atoms with Gasteiger partial charge in [0.15, 0.2) is 0 Å². The standard InChI is InChI=1S/C14H28/c1-12(2)14(3,4)11-10-13-8-6-5-7-9-13/h12-13H,5-11H2,1-4H3. The van der Waals surface area contributed by atoms with Gasteiger partial charge in [0.05, 0.1) is 0 Å². The van der Waals surface area contributed by atoms with Gasteiger partial charge in [-0.25, -0.2) is 0 Å². The van der Waals surface area contributed by atoms with Gasteiger partial charge in [0, 0.05) is 0 Å². The van der Waals surface area contributed by atoms with Crippen LogP contribution in [-0.4, -0.2) is 0 Å². The summed E-state index contributed by atoms with van der Waals surface area (Å²) >= 11 is 0. The Labute approximate surface area is 90.5 Å². The summed E-state index contributed by atoms with van der Waals surface area (Å²) in [4.78, 5) is 0. The van der Waals surface area contributed by atoms with Gasteiger partial charge in [-0.3, -0.25) is 0 Å². The minimum atomic E-state index is 0.553. The van der Waals surface area contributed by atoms with Crippen LogP contribution in [0.1, 0.15) is 72.6 Å². The smallest absolute Gasteiger partial charge is 0.0331 e. The van der Waals surface area contributed by atoms with E-state index in [4.69, 9.17) is 0 Å². The molecule has 0 aromatic rings. The van der Waals surface area contributed by atoms with Crippen molar-refractivity contribution in [2.24, 2.45) is 17.3 Å². The summed E-state index contributed by atoms with van der Waals surface area (Å²) in [5.41, 5.74) is 0.553. The van der Waals surface area contributed by atoms with Crippen molar-refractivity contribution in [1.29, 1.82) is 0 Å². The Hall–Kier alpha value is 0. The monoisotopic (exact) mass is 196 g/mol. The minimum absolute atomic E-state index is 0.553. The zero-order valence-corrected chi connectivity index (χ0v) is 10.6. The molecule has 0 nitrogen and oxygen atoms in total. The lowest BCUT2D eigenvalue weighted by molar-refractivity contribution is 0.195. The molecule has 0 bridgehead atoms. The molecule has 0 aliphatic heterocycles. The fourth-order valence-corrected chi connectivity index (χ4v) is 2.34. The maximum atomic E-state index is 2.43. The molecule has 1 aliphatic carbocycles. The molecule has 0 radical (unpaired) electrons. The molecule has 1 fully saturated rings. The van der Waals surface area contributed by atoms with E-state index in [0.717, 1.165) is 11.8 Å². The Kier molecular flexibility index (Phi) is 4.47. The second-order valence-electron chi connectivity index (χ2n) is 6.19. The van der Waals surface area contributed by atoms with Crippen molar-refractivity contribution >= 4 is 0 Å². The van der Waals surface area contributed by atoms with E-state index in [1.165, 1.54) is 44.9 Å². The molecular weight excluding hydrogens is 168 g/mol. The van der Waals surface area contributed by atoms with Crippen LogP contribution in [0.3, 0.4) is 0 Å². The number of hydrogen-bond donors (Lipinski definition) is 0. The first-order chi connectivity index (χ1) is 6.52. The van der Waals surface area contributed by atoms with Crippen molar-refractivity contribution in [2.75, 3.05) is 0 Å². The van der Waals surface area contributed by atoms with Crippen molar-refractivity contribution in [3.8, 4) is 0 Å². The molecule has 0 aromatic carbocycles. The quantitative estimate of drug-likeness (QED) is 0.591. The maximum Gasteiger partial charge on any atom is -0.0331 e. The Morgan fingerprint density at radius 3 is 2.14 bits per heavy atom. The number of rotatable bonds is 4. The largest absolute Gasteiger partial charge is 0.0623 e. The summed E-state index contributed by atoms with van der Waals surface area (Å²) in [6.45, 7) is 9.59. The van der Waals surface area contributed by atoms with Gasteiger partial charge < -0.3 is 0 Å². The van der Waals surface area contributed by atoms with Gasteiger partial charge in [0.25, 0.3) is 0 Å². The van der Waals surface area contributed by atoms with Crippen molar-refractivity contribution in [3.05, 3.63) is 0 Å². The average molecular weight is 196 g/mol. The second-order valence-corrected chi connectivity index (χ2v) is 6.19. The van der Waals surface area contributed by atoms with E-state index < -0.39 is 0 Å².